The van der Waals surface area contributed by atoms with Gasteiger partial charge in [-0.1, -0.05) is 18.7 Å². The Kier molecular flexibility index (Phi) is 8.31. The second kappa shape index (κ2) is 11.2. The summed E-state index contributed by atoms with van der Waals surface area (Å²) >= 11 is 0. The average Bonchev–Trinajstić information content (AvgIpc) is 2.79. The van der Waals surface area contributed by atoms with Gasteiger partial charge in [-0.05, 0) is 61.2 Å². The van der Waals surface area contributed by atoms with E-state index < -0.39 is 21.6 Å². The molecule has 190 valence electrons. The first-order chi connectivity index (χ1) is 17.0. The number of rotatable bonds is 10. The zero-order chi connectivity index (χ0) is 26.5. The fourth-order valence-corrected chi connectivity index (χ4v) is 4.52. The SMILES string of the molecule is C=C(C)COc1ccc2c(C)c(CC(=O)NCCc3ccc(S(=O)(=O)NC(C)=O)cc3)c(=O)oc2c1. The third-order valence-corrected chi connectivity index (χ3v) is 6.78. The smallest absolute Gasteiger partial charge is 0.340 e. The van der Waals surface area contributed by atoms with Crippen LogP contribution >= 0.6 is 0 Å². The zero-order valence-electron chi connectivity index (χ0n) is 20.3. The van der Waals surface area contributed by atoms with Gasteiger partial charge in [0.25, 0.3) is 10.0 Å². The monoisotopic (exact) mass is 512 g/mol. The van der Waals surface area contributed by atoms with Crippen LogP contribution in [0.5, 0.6) is 5.75 Å². The molecule has 0 spiro atoms. The predicted octanol–water partition coefficient (Wildman–Crippen LogP) is 2.78. The van der Waals surface area contributed by atoms with Crippen LogP contribution < -0.4 is 20.4 Å². The fourth-order valence-electron chi connectivity index (χ4n) is 3.53. The van der Waals surface area contributed by atoms with Crippen molar-refractivity contribution in [2.45, 2.75) is 38.5 Å². The van der Waals surface area contributed by atoms with Crippen molar-refractivity contribution in [3.05, 3.63) is 81.7 Å². The van der Waals surface area contributed by atoms with Crippen molar-refractivity contribution in [2.24, 2.45) is 0 Å². The van der Waals surface area contributed by atoms with E-state index in [0.29, 0.717) is 29.9 Å². The topological polar surface area (TPSA) is 132 Å². The van der Waals surface area contributed by atoms with Crippen LogP contribution in [-0.2, 0) is 32.5 Å². The Balaban J connectivity index is 1.61. The Morgan fingerprint density at radius 2 is 1.78 bits per heavy atom. The van der Waals surface area contributed by atoms with Crippen molar-refractivity contribution in [1.82, 2.24) is 10.0 Å². The highest BCUT2D eigenvalue weighted by molar-refractivity contribution is 7.90. The highest BCUT2D eigenvalue weighted by Gasteiger charge is 2.17. The lowest BCUT2D eigenvalue weighted by atomic mass is 10.0. The van der Waals surface area contributed by atoms with Gasteiger partial charge in [0, 0.05) is 24.9 Å². The molecule has 0 fully saturated rings. The molecule has 1 aromatic heterocycles. The second-order valence-corrected chi connectivity index (χ2v) is 10.2. The molecule has 0 saturated heterocycles. The van der Waals surface area contributed by atoms with Crippen molar-refractivity contribution >= 4 is 32.8 Å². The molecule has 0 saturated carbocycles. The summed E-state index contributed by atoms with van der Waals surface area (Å²) in [7, 11) is -3.90. The predicted molar refractivity (Wildman–Crippen MR) is 135 cm³/mol. The molecule has 36 heavy (non-hydrogen) atoms. The molecule has 3 aromatic rings. The van der Waals surface area contributed by atoms with E-state index in [-0.39, 0.29) is 29.3 Å². The van der Waals surface area contributed by atoms with Crippen LogP contribution in [0.15, 0.2) is 68.7 Å². The first-order valence-electron chi connectivity index (χ1n) is 11.2. The van der Waals surface area contributed by atoms with Crippen molar-refractivity contribution in [3.63, 3.8) is 0 Å². The lowest BCUT2D eigenvalue weighted by Gasteiger charge is -2.11. The molecule has 9 nitrogen and oxygen atoms in total. The van der Waals surface area contributed by atoms with Gasteiger partial charge in [0.05, 0.1) is 16.9 Å². The Morgan fingerprint density at radius 3 is 2.42 bits per heavy atom. The number of fused-ring (bicyclic) bond motifs is 1. The summed E-state index contributed by atoms with van der Waals surface area (Å²) in [5.41, 5.74) is 2.40. The molecule has 0 bridgehead atoms. The van der Waals surface area contributed by atoms with Crippen LogP contribution in [0.1, 0.15) is 30.5 Å². The quantitative estimate of drug-likeness (QED) is 0.315. The number of carbonyl (C=O) groups is 2. The molecule has 0 unspecified atom stereocenters. The summed E-state index contributed by atoms with van der Waals surface area (Å²) in [5.74, 6) is -0.454. The summed E-state index contributed by atoms with van der Waals surface area (Å²) in [6.45, 7) is 9.17. The number of ether oxygens (including phenoxy) is 1. The van der Waals surface area contributed by atoms with Gasteiger partial charge >= 0.3 is 5.63 Å². The van der Waals surface area contributed by atoms with Crippen LogP contribution in [0.4, 0.5) is 0 Å². The number of carbonyl (C=O) groups excluding carboxylic acids is 2. The number of sulfonamides is 1. The van der Waals surface area contributed by atoms with Crippen LogP contribution in [0, 0.1) is 6.92 Å². The van der Waals surface area contributed by atoms with Gasteiger partial charge in [0.15, 0.2) is 0 Å². The lowest BCUT2D eigenvalue weighted by Crippen LogP contribution is -2.29. The minimum Gasteiger partial charge on any atom is -0.489 e. The molecule has 0 aliphatic carbocycles. The van der Waals surface area contributed by atoms with E-state index in [0.717, 1.165) is 23.4 Å². The standard InChI is InChI=1S/C26H28N2O7S/c1-16(2)15-34-20-7-10-22-17(3)23(26(31)35-24(22)13-20)14-25(30)27-12-11-19-5-8-21(9-6-19)36(32,33)28-18(4)29/h5-10,13H,1,11-12,14-15H2,2-4H3,(H,27,30)(H,28,29). The fraction of sp³-hybridized carbons (Fsp3) is 0.269. The number of amides is 2. The Morgan fingerprint density at radius 1 is 1.08 bits per heavy atom. The van der Waals surface area contributed by atoms with Crippen molar-refractivity contribution in [3.8, 4) is 5.75 Å². The maximum absolute atomic E-state index is 12.6. The Hall–Kier alpha value is -3.92. The number of hydrogen-bond donors (Lipinski definition) is 2. The summed E-state index contributed by atoms with van der Waals surface area (Å²) in [4.78, 5) is 36.1. The Labute approximate surface area is 209 Å². The third-order valence-electron chi connectivity index (χ3n) is 5.33. The van der Waals surface area contributed by atoms with E-state index in [1.54, 1.807) is 37.3 Å². The molecule has 2 N–H and O–H groups in total. The molecule has 10 heteroatoms. The maximum Gasteiger partial charge on any atom is 0.340 e. The number of hydrogen-bond acceptors (Lipinski definition) is 7. The maximum atomic E-state index is 12.6. The van der Waals surface area contributed by atoms with Crippen molar-refractivity contribution in [1.29, 1.82) is 0 Å². The summed E-state index contributed by atoms with van der Waals surface area (Å²) in [6.07, 6.45) is 0.316. The number of nitrogens with one attached hydrogen (secondary N) is 2. The normalized spacial score (nSPS) is 11.2. The van der Waals surface area contributed by atoms with E-state index in [9.17, 15) is 22.8 Å². The van der Waals surface area contributed by atoms with Crippen molar-refractivity contribution < 1.29 is 27.2 Å². The van der Waals surface area contributed by atoms with Gasteiger partial charge in [0.2, 0.25) is 11.8 Å². The first kappa shape index (κ1) is 26.7. The molecular formula is C26H28N2O7S. The van der Waals surface area contributed by atoms with Crippen molar-refractivity contribution in [2.75, 3.05) is 13.2 Å². The summed E-state index contributed by atoms with van der Waals surface area (Å²) < 4.78 is 37.0. The molecule has 3 rings (SSSR count). The highest BCUT2D eigenvalue weighted by atomic mass is 32.2. The Bertz CT molecular complexity index is 1470. The highest BCUT2D eigenvalue weighted by Crippen LogP contribution is 2.24. The lowest BCUT2D eigenvalue weighted by molar-refractivity contribution is -0.120. The van der Waals surface area contributed by atoms with Gasteiger partial charge < -0.3 is 14.5 Å². The summed E-state index contributed by atoms with van der Waals surface area (Å²) in [5, 5.41) is 3.48. The van der Waals surface area contributed by atoms with E-state index >= 15 is 0 Å². The number of aryl methyl sites for hydroxylation is 1. The molecule has 0 aliphatic rings. The molecule has 0 aliphatic heterocycles. The first-order valence-corrected chi connectivity index (χ1v) is 12.7. The van der Waals surface area contributed by atoms with Gasteiger partial charge in [-0.2, -0.15) is 0 Å². The van der Waals surface area contributed by atoms with Gasteiger partial charge in [-0.15, -0.1) is 0 Å². The number of benzene rings is 2. The van der Waals surface area contributed by atoms with Gasteiger partial charge in [-0.25, -0.2) is 17.9 Å². The van der Waals surface area contributed by atoms with E-state index in [1.807, 2.05) is 11.6 Å². The molecule has 0 radical (unpaired) electrons. The molecular weight excluding hydrogens is 484 g/mol. The van der Waals surface area contributed by atoms with E-state index in [1.165, 1.54) is 12.1 Å². The van der Waals surface area contributed by atoms with Crippen LogP contribution in [0.2, 0.25) is 0 Å². The summed E-state index contributed by atoms with van der Waals surface area (Å²) in [6, 6.07) is 11.2. The van der Waals surface area contributed by atoms with E-state index in [4.69, 9.17) is 9.15 Å². The molecule has 2 amide bonds. The average molecular weight is 513 g/mol. The molecule has 0 atom stereocenters. The zero-order valence-corrected chi connectivity index (χ0v) is 21.2. The third kappa shape index (κ3) is 6.82. The second-order valence-electron chi connectivity index (χ2n) is 8.48. The van der Waals surface area contributed by atoms with Crippen LogP contribution in [0.3, 0.4) is 0 Å². The minimum atomic E-state index is -3.90. The minimum absolute atomic E-state index is 0.0292. The van der Waals surface area contributed by atoms with Gasteiger partial charge in [0.1, 0.15) is 17.9 Å². The molecule has 2 aromatic carbocycles. The van der Waals surface area contributed by atoms with Crippen LogP contribution in [-0.4, -0.2) is 33.4 Å². The van der Waals surface area contributed by atoms with Crippen LogP contribution in [0.25, 0.3) is 11.0 Å². The molecule has 1 heterocycles. The van der Waals surface area contributed by atoms with E-state index in [2.05, 4.69) is 11.9 Å². The largest absolute Gasteiger partial charge is 0.489 e. The van der Waals surface area contributed by atoms with Gasteiger partial charge in [-0.3, -0.25) is 9.59 Å².